The van der Waals surface area contributed by atoms with Gasteiger partial charge in [-0.15, -0.1) is 0 Å². The van der Waals surface area contributed by atoms with Crippen molar-refractivity contribution in [2.75, 3.05) is 14.2 Å². The van der Waals surface area contributed by atoms with Gasteiger partial charge >= 0.3 is 0 Å². The number of fused-ring (bicyclic) bond motifs is 2. The smallest absolute Gasteiger partial charge is 0.256 e. The average Bonchev–Trinajstić information content (AvgIpc) is 2.90. The molecule has 0 radical (unpaired) electrons. The van der Waals surface area contributed by atoms with Gasteiger partial charge in [-0.3, -0.25) is 9.36 Å². The summed E-state index contributed by atoms with van der Waals surface area (Å²) in [7, 11) is 3.13. The first-order chi connectivity index (χ1) is 17.1. The maximum absolute atomic E-state index is 12.9. The summed E-state index contributed by atoms with van der Waals surface area (Å²) in [5, 5.41) is 23.7. The van der Waals surface area contributed by atoms with E-state index in [4.69, 9.17) is 9.47 Å². The number of benzene rings is 3. The van der Waals surface area contributed by atoms with Crippen LogP contribution in [0.25, 0.3) is 38.5 Å². The first-order valence-corrected chi connectivity index (χ1v) is 11.1. The Hall–Kier alpha value is -4.20. The summed E-state index contributed by atoms with van der Waals surface area (Å²) < 4.78 is 12.5. The number of hydrogen-bond acceptors (Lipinski definition) is 6. The molecule has 0 bridgehead atoms. The molecule has 0 atom stereocenters. The summed E-state index contributed by atoms with van der Waals surface area (Å²) in [4.78, 5) is 17.3. The third-order valence-corrected chi connectivity index (χ3v) is 6.23. The van der Waals surface area contributed by atoms with E-state index in [1.54, 1.807) is 32.7 Å². The Labute approximate surface area is 201 Å². The highest BCUT2D eigenvalue weighted by Crippen LogP contribution is 2.40. The molecular formula is C28H24N2O5. The number of nitrogens with zero attached hydrogens (tertiary/aromatic N) is 2. The Morgan fingerprint density at radius 3 is 2.31 bits per heavy atom. The summed E-state index contributed by atoms with van der Waals surface area (Å²) in [5.41, 5.74) is 2.47. The van der Waals surface area contributed by atoms with Crippen molar-refractivity contribution < 1.29 is 19.7 Å². The Bertz CT molecular complexity index is 1620. The molecule has 0 unspecified atom stereocenters. The molecule has 0 saturated carbocycles. The van der Waals surface area contributed by atoms with Crippen molar-refractivity contribution in [3.8, 4) is 28.4 Å². The van der Waals surface area contributed by atoms with Crippen LogP contribution in [0.4, 0.5) is 0 Å². The molecule has 0 saturated heterocycles. The lowest BCUT2D eigenvalue weighted by Gasteiger charge is -2.18. The van der Waals surface area contributed by atoms with Gasteiger partial charge in [0.2, 0.25) is 0 Å². The van der Waals surface area contributed by atoms with Crippen LogP contribution in [-0.4, -0.2) is 34.0 Å². The standard InChI is InChI=1S/C28H24N2O5/c1-34-24-10-20-9-21(15-31)23(16-32)28(22(20)13-25(24)35-2)18-7-8-29-26(11-18)30-14-19-6-4-3-5-17(19)12-27(30)33/h3-14,31-32H,15-16H2,1-2H3. The largest absolute Gasteiger partial charge is 0.493 e. The number of pyridine rings is 2. The Morgan fingerprint density at radius 2 is 1.60 bits per heavy atom. The van der Waals surface area contributed by atoms with Gasteiger partial charge in [0.15, 0.2) is 11.5 Å². The molecule has 0 spiro atoms. The zero-order chi connectivity index (χ0) is 24.5. The number of aromatic nitrogens is 2. The molecule has 2 N–H and O–H groups in total. The fourth-order valence-electron chi connectivity index (χ4n) is 4.53. The number of rotatable bonds is 6. The van der Waals surface area contributed by atoms with E-state index >= 15 is 0 Å². The molecule has 0 amide bonds. The van der Waals surface area contributed by atoms with Gasteiger partial charge in [-0.1, -0.05) is 24.3 Å². The van der Waals surface area contributed by atoms with Crippen LogP contribution >= 0.6 is 0 Å². The predicted molar refractivity (Wildman–Crippen MR) is 135 cm³/mol. The van der Waals surface area contributed by atoms with Crippen molar-refractivity contribution in [3.05, 3.63) is 94.5 Å². The highest BCUT2D eigenvalue weighted by Gasteiger charge is 2.18. The Kier molecular flexibility index (Phi) is 5.94. The molecule has 0 fully saturated rings. The van der Waals surface area contributed by atoms with E-state index < -0.39 is 0 Å². The molecule has 5 rings (SSSR count). The first-order valence-electron chi connectivity index (χ1n) is 11.1. The van der Waals surface area contributed by atoms with Crippen molar-refractivity contribution in [2.45, 2.75) is 13.2 Å². The van der Waals surface area contributed by atoms with Crippen molar-refractivity contribution in [2.24, 2.45) is 0 Å². The predicted octanol–water partition coefficient (Wildman–Crippen LogP) is 4.21. The zero-order valence-corrected chi connectivity index (χ0v) is 19.4. The van der Waals surface area contributed by atoms with Crippen LogP contribution in [0.2, 0.25) is 0 Å². The normalized spacial score (nSPS) is 11.2. The van der Waals surface area contributed by atoms with Gasteiger partial charge in [0.25, 0.3) is 5.56 Å². The van der Waals surface area contributed by atoms with Crippen LogP contribution < -0.4 is 15.0 Å². The highest BCUT2D eigenvalue weighted by atomic mass is 16.5. The van der Waals surface area contributed by atoms with E-state index in [0.717, 1.165) is 32.7 Å². The topological polar surface area (TPSA) is 93.8 Å². The number of aliphatic hydroxyl groups excluding tert-OH is 2. The van der Waals surface area contributed by atoms with Crippen molar-refractivity contribution >= 4 is 21.5 Å². The second-order valence-electron chi connectivity index (χ2n) is 8.15. The third-order valence-electron chi connectivity index (χ3n) is 6.23. The highest BCUT2D eigenvalue weighted by molar-refractivity contribution is 6.01. The van der Waals surface area contributed by atoms with Crippen molar-refractivity contribution in [1.29, 1.82) is 0 Å². The molecular weight excluding hydrogens is 444 g/mol. The second-order valence-corrected chi connectivity index (χ2v) is 8.15. The number of aliphatic hydroxyl groups is 2. The van der Waals surface area contributed by atoms with Gasteiger partial charge in [0, 0.05) is 18.5 Å². The van der Waals surface area contributed by atoms with Gasteiger partial charge in [-0.25, -0.2) is 4.98 Å². The SMILES string of the molecule is COc1cc2cc(CO)c(CO)c(-c3ccnc(-n4cc5ccccc5cc4=O)c3)c2cc1OC. The molecule has 2 heterocycles. The van der Waals surface area contributed by atoms with E-state index in [0.29, 0.717) is 28.4 Å². The lowest BCUT2D eigenvalue weighted by molar-refractivity contribution is 0.260. The molecule has 176 valence electrons. The molecule has 0 aliphatic carbocycles. The maximum atomic E-state index is 12.9. The van der Waals surface area contributed by atoms with Gasteiger partial charge in [-0.2, -0.15) is 0 Å². The zero-order valence-electron chi connectivity index (χ0n) is 19.4. The number of hydrogen-bond donors (Lipinski definition) is 2. The summed E-state index contributed by atoms with van der Waals surface area (Å²) >= 11 is 0. The fourth-order valence-corrected chi connectivity index (χ4v) is 4.53. The fraction of sp³-hybridized carbons (Fsp3) is 0.143. The van der Waals surface area contributed by atoms with Crippen LogP contribution in [0.5, 0.6) is 11.5 Å². The Balaban J connectivity index is 1.79. The van der Waals surface area contributed by atoms with Crippen molar-refractivity contribution in [1.82, 2.24) is 9.55 Å². The minimum Gasteiger partial charge on any atom is -0.493 e. The quantitative estimate of drug-likeness (QED) is 0.388. The molecule has 3 aromatic carbocycles. The minimum atomic E-state index is -0.275. The van der Waals surface area contributed by atoms with E-state index in [-0.39, 0.29) is 18.8 Å². The second kappa shape index (κ2) is 9.21. The monoisotopic (exact) mass is 468 g/mol. The van der Waals surface area contributed by atoms with Crippen LogP contribution in [-0.2, 0) is 13.2 Å². The first kappa shape index (κ1) is 22.6. The van der Waals surface area contributed by atoms with Gasteiger partial charge < -0.3 is 19.7 Å². The average molecular weight is 469 g/mol. The summed E-state index contributed by atoms with van der Waals surface area (Å²) in [5.74, 6) is 1.55. The summed E-state index contributed by atoms with van der Waals surface area (Å²) in [6.07, 6.45) is 3.40. The summed E-state index contributed by atoms with van der Waals surface area (Å²) in [6, 6.07) is 18.4. The van der Waals surface area contributed by atoms with Gasteiger partial charge in [-0.05, 0) is 74.1 Å². The van der Waals surface area contributed by atoms with Crippen LogP contribution in [0.15, 0.2) is 77.9 Å². The third kappa shape index (κ3) is 3.90. The molecule has 0 aliphatic heterocycles. The molecule has 0 aliphatic rings. The van der Waals surface area contributed by atoms with E-state index in [1.165, 1.54) is 4.57 Å². The summed E-state index contributed by atoms with van der Waals surface area (Å²) in [6.45, 7) is -0.516. The Morgan fingerprint density at radius 1 is 0.857 bits per heavy atom. The lowest BCUT2D eigenvalue weighted by Crippen LogP contribution is -2.17. The molecule has 7 heteroatoms. The minimum absolute atomic E-state index is 0.198. The van der Waals surface area contributed by atoms with Crippen LogP contribution in [0, 0.1) is 0 Å². The number of ether oxygens (including phenoxy) is 2. The molecule has 7 nitrogen and oxygen atoms in total. The van der Waals surface area contributed by atoms with Crippen molar-refractivity contribution in [3.63, 3.8) is 0 Å². The van der Waals surface area contributed by atoms with E-state index in [2.05, 4.69) is 4.98 Å². The molecule has 35 heavy (non-hydrogen) atoms. The van der Waals surface area contributed by atoms with Crippen LogP contribution in [0.3, 0.4) is 0 Å². The lowest BCUT2D eigenvalue weighted by atomic mass is 9.90. The van der Waals surface area contributed by atoms with E-state index in [1.807, 2.05) is 54.6 Å². The van der Waals surface area contributed by atoms with E-state index in [9.17, 15) is 15.0 Å². The van der Waals surface area contributed by atoms with Gasteiger partial charge in [0.1, 0.15) is 5.82 Å². The van der Waals surface area contributed by atoms with Gasteiger partial charge in [0.05, 0.1) is 27.4 Å². The molecule has 5 aromatic rings. The number of methoxy groups -OCH3 is 2. The van der Waals surface area contributed by atoms with Crippen LogP contribution in [0.1, 0.15) is 11.1 Å². The molecule has 2 aromatic heterocycles. The maximum Gasteiger partial charge on any atom is 0.256 e.